The Bertz CT molecular complexity index is 926. The van der Waals surface area contributed by atoms with Crippen LogP contribution in [-0.4, -0.2) is 30.7 Å². The van der Waals surface area contributed by atoms with E-state index in [1.807, 2.05) is 12.1 Å². The Hall–Kier alpha value is -2.39. The molecule has 0 saturated carbocycles. The molecule has 1 aromatic carbocycles. The summed E-state index contributed by atoms with van der Waals surface area (Å²) in [5.74, 6) is -0.0855. The Labute approximate surface area is 159 Å². The molecule has 0 fully saturated rings. The number of benzene rings is 1. The number of ether oxygens (including phenoxy) is 1. The molecule has 1 amide bonds. The fourth-order valence-electron chi connectivity index (χ4n) is 2.55. The van der Waals surface area contributed by atoms with Gasteiger partial charge in [-0.05, 0) is 37.0 Å². The number of nitrogens with one attached hydrogen (secondary N) is 2. The van der Waals surface area contributed by atoms with Crippen LogP contribution in [0.5, 0.6) is 5.75 Å². The van der Waals surface area contributed by atoms with E-state index in [9.17, 15) is 13.2 Å². The molecule has 2 N–H and O–H groups in total. The summed E-state index contributed by atoms with van der Waals surface area (Å²) in [4.78, 5) is 14.0. The molecule has 0 saturated heterocycles. The van der Waals surface area contributed by atoms with Crippen LogP contribution in [0.4, 0.5) is 0 Å². The standard InChI is InChI=1S/C18H26N4O4S/c1-12-17(13(2)22(6)20-12)27(24,25)21-19-16(23)11-26-15-9-7-14(8-10-15)18(3,4)5/h7-10,21H,11H2,1-6H3,(H,19,23). The molecule has 0 radical (unpaired) electrons. The second-order valence-electron chi connectivity index (χ2n) is 7.34. The molecule has 0 bridgehead atoms. The summed E-state index contributed by atoms with van der Waals surface area (Å²) in [6.07, 6.45) is 0. The van der Waals surface area contributed by atoms with Crippen LogP contribution in [0.2, 0.25) is 0 Å². The molecule has 0 aliphatic heterocycles. The molecule has 8 nitrogen and oxygen atoms in total. The van der Waals surface area contributed by atoms with E-state index < -0.39 is 15.9 Å². The van der Waals surface area contributed by atoms with Crippen LogP contribution in [0.15, 0.2) is 29.2 Å². The number of rotatable bonds is 6. The van der Waals surface area contributed by atoms with Gasteiger partial charge in [0.2, 0.25) is 0 Å². The Morgan fingerprint density at radius 3 is 2.26 bits per heavy atom. The van der Waals surface area contributed by atoms with E-state index in [-0.39, 0.29) is 16.9 Å². The van der Waals surface area contributed by atoms with Gasteiger partial charge in [-0.1, -0.05) is 32.9 Å². The van der Waals surface area contributed by atoms with E-state index in [0.717, 1.165) is 5.56 Å². The minimum atomic E-state index is -3.92. The van der Waals surface area contributed by atoms with Crippen molar-refractivity contribution in [3.05, 3.63) is 41.2 Å². The first kappa shape index (κ1) is 20.9. The lowest BCUT2D eigenvalue weighted by atomic mass is 9.87. The fourth-order valence-corrected chi connectivity index (χ4v) is 3.86. The van der Waals surface area contributed by atoms with Crippen LogP contribution in [0, 0.1) is 13.8 Å². The van der Waals surface area contributed by atoms with Gasteiger partial charge in [-0.3, -0.25) is 14.9 Å². The zero-order valence-corrected chi connectivity index (χ0v) is 17.3. The number of hydrazine groups is 1. The van der Waals surface area contributed by atoms with Crippen LogP contribution >= 0.6 is 0 Å². The highest BCUT2D eigenvalue weighted by Gasteiger charge is 2.24. The van der Waals surface area contributed by atoms with Crippen molar-refractivity contribution in [1.82, 2.24) is 20.0 Å². The van der Waals surface area contributed by atoms with Gasteiger partial charge >= 0.3 is 0 Å². The van der Waals surface area contributed by atoms with Crippen molar-refractivity contribution in [3.8, 4) is 5.75 Å². The summed E-state index contributed by atoms with van der Waals surface area (Å²) in [6.45, 7) is 9.23. The van der Waals surface area contributed by atoms with Gasteiger partial charge in [0.05, 0.1) is 11.4 Å². The van der Waals surface area contributed by atoms with Crippen molar-refractivity contribution < 1.29 is 17.9 Å². The number of hydrogen-bond donors (Lipinski definition) is 2. The van der Waals surface area contributed by atoms with Crippen molar-refractivity contribution >= 4 is 15.9 Å². The fraction of sp³-hybridized carbons (Fsp3) is 0.444. The summed E-state index contributed by atoms with van der Waals surface area (Å²) in [6, 6.07) is 7.43. The number of carbonyl (C=O) groups excluding carboxylic acids is 1. The molecule has 2 rings (SSSR count). The van der Waals surface area contributed by atoms with Gasteiger partial charge in [0.25, 0.3) is 15.9 Å². The van der Waals surface area contributed by atoms with E-state index in [1.54, 1.807) is 33.0 Å². The summed E-state index contributed by atoms with van der Waals surface area (Å²) in [7, 11) is -2.27. The van der Waals surface area contributed by atoms with Gasteiger partial charge in [0.15, 0.2) is 6.61 Å². The maximum absolute atomic E-state index is 12.4. The molecule has 0 spiro atoms. The third-order valence-electron chi connectivity index (χ3n) is 4.13. The van der Waals surface area contributed by atoms with Gasteiger partial charge in [0, 0.05) is 7.05 Å². The molecule has 1 aromatic heterocycles. The first-order valence-corrected chi connectivity index (χ1v) is 9.94. The number of sulfonamides is 1. The Balaban J connectivity index is 1.92. The molecular weight excluding hydrogens is 368 g/mol. The number of carbonyl (C=O) groups is 1. The lowest BCUT2D eigenvalue weighted by Gasteiger charge is -2.19. The Morgan fingerprint density at radius 2 is 1.78 bits per heavy atom. The number of hydrogen-bond acceptors (Lipinski definition) is 5. The van der Waals surface area contributed by atoms with E-state index in [1.165, 1.54) is 4.68 Å². The van der Waals surface area contributed by atoms with E-state index in [4.69, 9.17) is 4.74 Å². The summed E-state index contributed by atoms with van der Waals surface area (Å²) in [5, 5.41) is 4.06. The van der Waals surface area contributed by atoms with Crippen molar-refractivity contribution in [2.45, 2.75) is 44.9 Å². The van der Waals surface area contributed by atoms with Crippen molar-refractivity contribution in [1.29, 1.82) is 0 Å². The number of amides is 1. The smallest absolute Gasteiger partial charge is 0.272 e. The average molecular weight is 394 g/mol. The summed E-state index contributed by atoms with van der Waals surface area (Å²) < 4.78 is 31.6. The predicted molar refractivity (Wildman–Crippen MR) is 102 cm³/mol. The molecule has 0 atom stereocenters. The minimum absolute atomic E-state index is 0.0245. The number of aryl methyl sites for hydroxylation is 2. The molecule has 9 heteroatoms. The third kappa shape index (κ3) is 5.08. The van der Waals surface area contributed by atoms with Crippen molar-refractivity contribution in [2.75, 3.05) is 6.61 Å². The maximum atomic E-state index is 12.4. The highest BCUT2D eigenvalue weighted by atomic mass is 32.2. The van der Waals surface area contributed by atoms with E-state index in [2.05, 4.69) is 36.1 Å². The second-order valence-corrected chi connectivity index (χ2v) is 8.96. The quantitative estimate of drug-likeness (QED) is 0.727. The van der Waals surface area contributed by atoms with Crippen molar-refractivity contribution in [3.63, 3.8) is 0 Å². The van der Waals surface area contributed by atoms with Crippen LogP contribution in [-0.2, 0) is 27.3 Å². The topological polar surface area (TPSA) is 102 Å². The SMILES string of the molecule is Cc1nn(C)c(C)c1S(=O)(=O)NNC(=O)COc1ccc(C(C)(C)C)cc1. The maximum Gasteiger partial charge on any atom is 0.272 e. The van der Waals surface area contributed by atoms with Crippen LogP contribution in [0.1, 0.15) is 37.7 Å². The lowest BCUT2D eigenvalue weighted by molar-refractivity contribution is -0.123. The number of nitrogens with zero attached hydrogens (tertiary/aromatic N) is 2. The largest absolute Gasteiger partial charge is 0.484 e. The zero-order valence-electron chi connectivity index (χ0n) is 16.5. The Morgan fingerprint density at radius 1 is 1.19 bits per heavy atom. The molecule has 27 heavy (non-hydrogen) atoms. The Kier molecular flexibility index (Phi) is 5.96. The first-order valence-electron chi connectivity index (χ1n) is 8.46. The highest BCUT2D eigenvalue weighted by Crippen LogP contribution is 2.24. The summed E-state index contributed by atoms with van der Waals surface area (Å²) >= 11 is 0. The molecule has 0 unspecified atom stereocenters. The van der Waals surface area contributed by atoms with Gasteiger partial charge in [-0.25, -0.2) is 8.42 Å². The van der Waals surface area contributed by atoms with E-state index >= 15 is 0 Å². The molecule has 0 aliphatic carbocycles. The van der Waals surface area contributed by atoms with Gasteiger partial charge in [-0.2, -0.15) is 5.10 Å². The van der Waals surface area contributed by atoms with Gasteiger partial charge in [0.1, 0.15) is 10.6 Å². The molecule has 0 aliphatic rings. The van der Waals surface area contributed by atoms with Gasteiger partial charge < -0.3 is 4.74 Å². The molecular formula is C18H26N4O4S. The monoisotopic (exact) mass is 394 g/mol. The highest BCUT2D eigenvalue weighted by molar-refractivity contribution is 7.89. The molecule has 148 valence electrons. The average Bonchev–Trinajstić information content (AvgIpc) is 2.83. The second kappa shape index (κ2) is 7.69. The first-order chi connectivity index (χ1) is 12.4. The number of aromatic nitrogens is 2. The molecule has 2 aromatic rings. The van der Waals surface area contributed by atoms with Crippen LogP contribution in [0.25, 0.3) is 0 Å². The van der Waals surface area contributed by atoms with Crippen LogP contribution < -0.4 is 15.0 Å². The predicted octanol–water partition coefficient (Wildman–Crippen LogP) is 1.72. The van der Waals surface area contributed by atoms with Crippen LogP contribution in [0.3, 0.4) is 0 Å². The zero-order chi connectivity index (χ0) is 20.4. The van der Waals surface area contributed by atoms with Crippen molar-refractivity contribution in [2.24, 2.45) is 7.05 Å². The van der Waals surface area contributed by atoms with Gasteiger partial charge in [-0.15, -0.1) is 4.83 Å². The minimum Gasteiger partial charge on any atom is -0.484 e. The lowest BCUT2D eigenvalue weighted by Crippen LogP contribution is -2.44. The third-order valence-corrected chi connectivity index (χ3v) is 5.63. The summed E-state index contributed by atoms with van der Waals surface area (Å²) in [5.41, 5.74) is 4.15. The molecule has 1 heterocycles. The normalized spacial score (nSPS) is 12.1. The van der Waals surface area contributed by atoms with E-state index in [0.29, 0.717) is 17.1 Å².